The van der Waals surface area contributed by atoms with Crippen LogP contribution in [0.15, 0.2) is 0 Å². The summed E-state index contributed by atoms with van der Waals surface area (Å²) in [6.07, 6.45) is 6.03. The molecule has 4 heteroatoms. The molecule has 0 aromatic rings. The van der Waals surface area contributed by atoms with Gasteiger partial charge in [-0.3, -0.25) is 4.79 Å². The van der Waals surface area contributed by atoms with Crippen LogP contribution in [-0.2, 0) is 9.53 Å². The van der Waals surface area contributed by atoms with E-state index in [1.807, 2.05) is 0 Å². The standard InChI is InChI=1S/C10H19NO3/c11-9(6-12)10(13)14-7-8-4-2-1-3-5-8/h8-9,12H,1-7,11H2/t9-/m1/s1. The number of esters is 1. The lowest BCUT2D eigenvalue weighted by Gasteiger charge is -2.21. The Morgan fingerprint density at radius 2 is 2.07 bits per heavy atom. The third-order valence-corrected chi connectivity index (χ3v) is 2.69. The minimum atomic E-state index is -0.876. The minimum absolute atomic E-state index is 0.344. The van der Waals surface area contributed by atoms with Gasteiger partial charge in [-0.15, -0.1) is 0 Å². The number of hydrogen-bond acceptors (Lipinski definition) is 4. The van der Waals surface area contributed by atoms with Gasteiger partial charge >= 0.3 is 5.97 Å². The van der Waals surface area contributed by atoms with Gasteiger partial charge in [0, 0.05) is 0 Å². The van der Waals surface area contributed by atoms with Gasteiger partial charge in [-0.25, -0.2) is 0 Å². The van der Waals surface area contributed by atoms with Gasteiger partial charge in [-0.1, -0.05) is 19.3 Å². The summed E-state index contributed by atoms with van der Waals surface area (Å²) in [5.74, 6) is 0.0108. The van der Waals surface area contributed by atoms with E-state index < -0.39 is 12.0 Å². The van der Waals surface area contributed by atoms with Crippen LogP contribution < -0.4 is 5.73 Å². The van der Waals surface area contributed by atoms with E-state index in [1.165, 1.54) is 19.3 Å². The number of aliphatic hydroxyl groups excluding tert-OH is 1. The number of ether oxygens (including phenoxy) is 1. The van der Waals surface area contributed by atoms with Crippen molar-refractivity contribution in [2.45, 2.75) is 38.1 Å². The second-order valence-electron chi connectivity index (χ2n) is 3.92. The highest BCUT2D eigenvalue weighted by Gasteiger charge is 2.18. The molecular formula is C10H19NO3. The SMILES string of the molecule is N[C@H](CO)C(=O)OCC1CCCCC1. The number of aliphatic hydroxyl groups is 1. The number of nitrogens with two attached hydrogens (primary N) is 1. The van der Waals surface area contributed by atoms with Crippen molar-refractivity contribution in [3.63, 3.8) is 0 Å². The largest absolute Gasteiger partial charge is 0.464 e. The molecule has 0 heterocycles. The summed E-state index contributed by atoms with van der Waals surface area (Å²) in [6.45, 7) is 0.121. The van der Waals surface area contributed by atoms with E-state index in [9.17, 15) is 4.79 Å². The van der Waals surface area contributed by atoms with Gasteiger partial charge in [0.1, 0.15) is 6.04 Å². The monoisotopic (exact) mass is 201 g/mol. The van der Waals surface area contributed by atoms with Gasteiger partial charge in [-0.05, 0) is 18.8 Å². The predicted octanol–water partition coefficient (Wildman–Crippen LogP) is 0.429. The van der Waals surface area contributed by atoms with Crippen LogP contribution in [0, 0.1) is 5.92 Å². The first-order chi connectivity index (χ1) is 6.74. The van der Waals surface area contributed by atoms with Crippen LogP contribution in [0.3, 0.4) is 0 Å². The molecule has 82 valence electrons. The molecule has 4 nitrogen and oxygen atoms in total. The Labute approximate surface area is 84.4 Å². The molecule has 0 spiro atoms. The van der Waals surface area contributed by atoms with Crippen molar-refractivity contribution in [2.24, 2.45) is 11.7 Å². The second-order valence-corrected chi connectivity index (χ2v) is 3.92. The first-order valence-corrected chi connectivity index (χ1v) is 5.27. The quantitative estimate of drug-likeness (QED) is 0.647. The molecule has 1 aliphatic carbocycles. The molecule has 0 radical (unpaired) electrons. The molecule has 0 bridgehead atoms. The predicted molar refractivity (Wildman–Crippen MR) is 52.6 cm³/mol. The van der Waals surface area contributed by atoms with Crippen LogP contribution in [0.2, 0.25) is 0 Å². The summed E-state index contributed by atoms with van der Waals surface area (Å²) < 4.78 is 5.01. The fourth-order valence-corrected chi connectivity index (χ4v) is 1.74. The highest BCUT2D eigenvalue weighted by atomic mass is 16.5. The number of hydrogen-bond donors (Lipinski definition) is 2. The summed E-state index contributed by atoms with van der Waals surface area (Å²) in [5.41, 5.74) is 5.31. The molecular weight excluding hydrogens is 182 g/mol. The Kier molecular flexibility index (Phi) is 4.90. The van der Waals surface area contributed by atoms with Gasteiger partial charge in [0.05, 0.1) is 13.2 Å². The second kappa shape index (κ2) is 5.98. The Hall–Kier alpha value is -0.610. The smallest absolute Gasteiger partial charge is 0.325 e. The van der Waals surface area contributed by atoms with Crippen LogP contribution >= 0.6 is 0 Å². The Balaban J connectivity index is 2.15. The molecule has 0 aromatic heterocycles. The van der Waals surface area contributed by atoms with Crippen molar-refractivity contribution in [1.82, 2.24) is 0 Å². The van der Waals surface area contributed by atoms with Crippen LogP contribution in [0.5, 0.6) is 0 Å². The molecule has 1 rings (SSSR count). The molecule has 1 atom stereocenters. The number of carbonyl (C=O) groups is 1. The van der Waals surface area contributed by atoms with E-state index in [4.69, 9.17) is 15.6 Å². The molecule has 0 amide bonds. The molecule has 0 aliphatic heterocycles. The average molecular weight is 201 g/mol. The Morgan fingerprint density at radius 3 is 2.64 bits per heavy atom. The zero-order chi connectivity index (χ0) is 10.4. The first kappa shape index (κ1) is 11.5. The van der Waals surface area contributed by atoms with Gasteiger partial charge in [0.25, 0.3) is 0 Å². The molecule has 3 N–H and O–H groups in total. The Bertz CT molecular complexity index is 178. The highest BCUT2D eigenvalue weighted by molar-refractivity contribution is 5.75. The maximum absolute atomic E-state index is 11.1. The zero-order valence-corrected chi connectivity index (χ0v) is 8.45. The fraction of sp³-hybridized carbons (Fsp3) is 0.900. The number of carbonyl (C=O) groups excluding carboxylic acids is 1. The third kappa shape index (κ3) is 3.64. The summed E-state index contributed by atoms with van der Waals surface area (Å²) in [4.78, 5) is 11.1. The van der Waals surface area contributed by atoms with Crippen molar-refractivity contribution in [3.8, 4) is 0 Å². The molecule has 14 heavy (non-hydrogen) atoms. The van der Waals surface area contributed by atoms with Crippen molar-refractivity contribution >= 4 is 5.97 Å². The Morgan fingerprint density at radius 1 is 1.43 bits per heavy atom. The van der Waals surface area contributed by atoms with E-state index in [0.717, 1.165) is 12.8 Å². The minimum Gasteiger partial charge on any atom is -0.464 e. The van der Waals surface area contributed by atoms with Crippen molar-refractivity contribution in [2.75, 3.05) is 13.2 Å². The summed E-state index contributed by atoms with van der Waals surface area (Å²) in [6, 6.07) is -0.876. The maximum atomic E-state index is 11.1. The van der Waals surface area contributed by atoms with Gasteiger partial charge < -0.3 is 15.6 Å². The number of rotatable bonds is 4. The van der Waals surface area contributed by atoms with Crippen LogP contribution in [-0.4, -0.2) is 30.3 Å². The summed E-state index contributed by atoms with van der Waals surface area (Å²) in [5, 5.41) is 8.62. The van der Waals surface area contributed by atoms with Gasteiger partial charge in [-0.2, -0.15) is 0 Å². The van der Waals surface area contributed by atoms with E-state index in [-0.39, 0.29) is 6.61 Å². The highest BCUT2D eigenvalue weighted by Crippen LogP contribution is 2.23. The van der Waals surface area contributed by atoms with Gasteiger partial charge in [0.15, 0.2) is 0 Å². The maximum Gasteiger partial charge on any atom is 0.325 e. The first-order valence-electron chi connectivity index (χ1n) is 5.27. The third-order valence-electron chi connectivity index (χ3n) is 2.69. The summed E-state index contributed by atoms with van der Waals surface area (Å²) in [7, 11) is 0. The van der Waals surface area contributed by atoms with Crippen molar-refractivity contribution < 1.29 is 14.6 Å². The average Bonchev–Trinajstić information content (AvgIpc) is 2.26. The van der Waals surface area contributed by atoms with Crippen molar-refractivity contribution in [1.29, 1.82) is 0 Å². The van der Waals surface area contributed by atoms with Crippen LogP contribution in [0.4, 0.5) is 0 Å². The molecule has 0 unspecified atom stereocenters. The zero-order valence-electron chi connectivity index (χ0n) is 8.45. The molecule has 1 saturated carbocycles. The lowest BCUT2D eigenvalue weighted by Crippen LogP contribution is -2.36. The lowest BCUT2D eigenvalue weighted by molar-refractivity contribution is -0.147. The fourth-order valence-electron chi connectivity index (χ4n) is 1.74. The topological polar surface area (TPSA) is 72.5 Å². The van der Waals surface area contributed by atoms with Crippen molar-refractivity contribution in [3.05, 3.63) is 0 Å². The molecule has 0 aromatic carbocycles. The van der Waals surface area contributed by atoms with E-state index in [0.29, 0.717) is 12.5 Å². The molecule has 1 fully saturated rings. The van der Waals surface area contributed by atoms with E-state index >= 15 is 0 Å². The van der Waals surface area contributed by atoms with Gasteiger partial charge in [0.2, 0.25) is 0 Å². The normalized spacial score (nSPS) is 20.4. The van der Waals surface area contributed by atoms with Crippen LogP contribution in [0.1, 0.15) is 32.1 Å². The van der Waals surface area contributed by atoms with E-state index in [2.05, 4.69) is 0 Å². The van der Waals surface area contributed by atoms with Crippen LogP contribution in [0.25, 0.3) is 0 Å². The lowest BCUT2D eigenvalue weighted by atomic mass is 9.90. The molecule has 0 saturated heterocycles. The summed E-state index contributed by atoms with van der Waals surface area (Å²) >= 11 is 0. The molecule has 1 aliphatic rings. The van der Waals surface area contributed by atoms with E-state index in [1.54, 1.807) is 0 Å².